The predicted octanol–water partition coefficient (Wildman–Crippen LogP) is 2.02. The van der Waals surface area contributed by atoms with Crippen molar-refractivity contribution in [3.8, 4) is 23.3 Å². The van der Waals surface area contributed by atoms with Crippen molar-refractivity contribution in [3.05, 3.63) is 17.7 Å². The largest absolute Gasteiger partial charge is 0.496 e. The van der Waals surface area contributed by atoms with E-state index in [2.05, 4.69) is 6.07 Å². The van der Waals surface area contributed by atoms with E-state index in [1.807, 2.05) is 0 Å². The van der Waals surface area contributed by atoms with Crippen molar-refractivity contribution in [1.29, 1.82) is 5.26 Å². The summed E-state index contributed by atoms with van der Waals surface area (Å²) in [6, 6.07) is 5.28. The predicted molar refractivity (Wildman–Crippen MR) is 67.9 cm³/mol. The van der Waals surface area contributed by atoms with E-state index >= 15 is 0 Å². The molecule has 0 aliphatic heterocycles. The smallest absolute Gasteiger partial charge is 0.131 e. The first-order valence-electron chi connectivity index (χ1n) is 5.60. The Kier molecular flexibility index (Phi) is 5.28. The van der Waals surface area contributed by atoms with Gasteiger partial charge in [-0.25, -0.2) is 0 Å². The van der Waals surface area contributed by atoms with Crippen molar-refractivity contribution in [2.45, 2.75) is 18.9 Å². The molecule has 0 aromatic heterocycles. The number of hydrogen-bond donors (Lipinski definition) is 1. The van der Waals surface area contributed by atoms with Gasteiger partial charge in [-0.05, 0) is 6.42 Å². The number of benzene rings is 1. The first-order valence-corrected chi connectivity index (χ1v) is 5.60. The summed E-state index contributed by atoms with van der Waals surface area (Å²) < 4.78 is 15.8. The molecular weight excluding hydrogens is 232 g/mol. The van der Waals surface area contributed by atoms with Crippen molar-refractivity contribution < 1.29 is 14.2 Å². The van der Waals surface area contributed by atoms with E-state index in [4.69, 9.17) is 25.2 Å². The minimum atomic E-state index is -0.305. The van der Waals surface area contributed by atoms with Gasteiger partial charge in [-0.1, -0.05) is 0 Å². The number of nitrogens with two attached hydrogens (primary N) is 1. The fourth-order valence-electron chi connectivity index (χ4n) is 1.76. The molecule has 1 unspecified atom stereocenters. The van der Waals surface area contributed by atoms with Crippen LogP contribution in [0, 0.1) is 11.3 Å². The normalized spacial score (nSPS) is 11.5. The van der Waals surface area contributed by atoms with E-state index in [-0.39, 0.29) is 6.04 Å². The molecule has 1 aromatic rings. The Hall–Kier alpha value is -1.93. The van der Waals surface area contributed by atoms with Crippen LogP contribution in [0.4, 0.5) is 0 Å². The van der Waals surface area contributed by atoms with Crippen LogP contribution >= 0.6 is 0 Å². The fraction of sp³-hybridized carbons (Fsp3) is 0.462. The maximum absolute atomic E-state index is 8.61. The second-order valence-corrected chi connectivity index (χ2v) is 3.75. The Bertz CT molecular complexity index is 415. The van der Waals surface area contributed by atoms with Gasteiger partial charge in [0, 0.05) is 24.6 Å². The Balaban J connectivity index is 3.18. The molecule has 18 heavy (non-hydrogen) atoms. The van der Waals surface area contributed by atoms with Crippen LogP contribution < -0.4 is 19.9 Å². The molecular formula is C13H18N2O3. The second-order valence-electron chi connectivity index (χ2n) is 3.75. The third kappa shape index (κ3) is 3.05. The summed E-state index contributed by atoms with van der Waals surface area (Å²) in [4.78, 5) is 0. The van der Waals surface area contributed by atoms with Gasteiger partial charge in [-0.2, -0.15) is 5.26 Å². The maximum Gasteiger partial charge on any atom is 0.131 e. The van der Waals surface area contributed by atoms with Crippen molar-refractivity contribution in [2.24, 2.45) is 5.73 Å². The van der Waals surface area contributed by atoms with Crippen LogP contribution in [0.25, 0.3) is 0 Å². The number of ether oxygens (including phenoxy) is 3. The lowest BCUT2D eigenvalue weighted by Gasteiger charge is -2.19. The lowest BCUT2D eigenvalue weighted by Crippen LogP contribution is -2.13. The standard InChI is InChI=1S/C13H18N2O3/c1-16-9-7-11(17-2)13(12(8-9)18-3)10(15)5-4-6-14/h7-8,10H,4-5,15H2,1-3H3. The Labute approximate surface area is 107 Å². The molecule has 0 heterocycles. The molecule has 5 nitrogen and oxygen atoms in total. The molecule has 0 fully saturated rings. The molecule has 0 bridgehead atoms. The lowest BCUT2D eigenvalue weighted by atomic mass is 10.0. The average Bonchev–Trinajstić information content (AvgIpc) is 2.42. The molecule has 0 aliphatic carbocycles. The van der Waals surface area contributed by atoms with Crippen LogP contribution in [0.2, 0.25) is 0 Å². The highest BCUT2D eigenvalue weighted by atomic mass is 16.5. The van der Waals surface area contributed by atoms with Gasteiger partial charge in [-0.3, -0.25) is 0 Å². The molecule has 98 valence electrons. The summed E-state index contributed by atoms with van der Waals surface area (Å²) >= 11 is 0. The Morgan fingerprint density at radius 1 is 1.17 bits per heavy atom. The molecule has 1 aromatic carbocycles. The zero-order valence-corrected chi connectivity index (χ0v) is 10.9. The quantitative estimate of drug-likeness (QED) is 0.835. The van der Waals surface area contributed by atoms with Crippen LogP contribution in [0.1, 0.15) is 24.4 Å². The lowest BCUT2D eigenvalue weighted by molar-refractivity contribution is 0.363. The molecule has 0 aliphatic rings. The van der Waals surface area contributed by atoms with Crippen LogP contribution in [-0.4, -0.2) is 21.3 Å². The molecule has 0 saturated heterocycles. The summed E-state index contributed by atoms with van der Waals surface area (Å²) in [5.74, 6) is 1.85. The van der Waals surface area contributed by atoms with Crippen LogP contribution in [0.15, 0.2) is 12.1 Å². The zero-order valence-electron chi connectivity index (χ0n) is 10.9. The molecule has 5 heteroatoms. The number of nitrogens with zero attached hydrogens (tertiary/aromatic N) is 1. The zero-order chi connectivity index (χ0) is 13.5. The molecule has 2 N–H and O–H groups in total. The highest BCUT2D eigenvalue weighted by Gasteiger charge is 2.19. The first kappa shape index (κ1) is 14.1. The van der Waals surface area contributed by atoms with Crippen molar-refractivity contribution in [3.63, 3.8) is 0 Å². The second kappa shape index (κ2) is 6.72. The molecule has 0 amide bonds. The molecule has 1 rings (SSSR count). The molecule has 0 saturated carbocycles. The van der Waals surface area contributed by atoms with Crippen molar-refractivity contribution in [2.75, 3.05) is 21.3 Å². The van der Waals surface area contributed by atoms with Gasteiger partial charge < -0.3 is 19.9 Å². The van der Waals surface area contributed by atoms with Gasteiger partial charge in [0.15, 0.2) is 0 Å². The summed E-state index contributed by atoms with van der Waals surface area (Å²) in [7, 11) is 4.70. The Morgan fingerprint density at radius 2 is 1.72 bits per heavy atom. The first-order chi connectivity index (χ1) is 8.67. The summed E-state index contributed by atoms with van der Waals surface area (Å²) in [6.07, 6.45) is 0.940. The third-order valence-corrected chi connectivity index (χ3v) is 2.69. The summed E-state index contributed by atoms with van der Waals surface area (Å²) in [6.45, 7) is 0. The topological polar surface area (TPSA) is 77.5 Å². The molecule has 0 spiro atoms. The average molecular weight is 250 g/mol. The van der Waals surface area contributed by atoms with E-state index in [0.717, 1.165) is 5.56 Å². The van der Waals surface area contributed by atoms with Gasteiger partial charge in [-0.15, -0.1) is 0 Å². The minimum Gasteiger partial charge on any atom is -0.496 e. The minimum absolute atomic E-state index is 0.305. The van der Waals surface area contributed by atoms with E-state index in [1.165, 1.54) is 0 Å². The van der Waals surface area contributed by atoms with E-state index in [9.17, 15) is 0 Å². The third-order valence-electron chi connectivity index (χ3n) is 2.69. The van der Waals surface area contributed by atoms with E-state index in [0.29, 0.717) is 30.1 Å². The van der Waals surface area contributed by atoms with Gasteiger partial charge in [0.05, 0.1) is 33.0 Å². The number of rotatable bonds is 6. The fourth-order valence-corrected chi connectivity index (χ4v) is 1.76. The highest BCUT2D eigenvalue weighted by Crippen LogP contribution is 2.38. The van der Waals surface area contributed by atoms with Gasteiger partial charge >= 0.3 is 0 Å². The SMILES string of the molecule is COc1cc(OC)c(C(N)CCC#N)c(OC)c1. The van der Waals surface area contributed by atoms with Crippen molar-refractivity contribution >= 4 is 0 Å². The summed E-state index contributed by atoms with van der Waals surface area (Å²) in [5.41, 5.74) is 6.83. The number of nitriles is 1. The van der Waals surface area contributed by atoms with Crippen molar-refractivity contribution in [1.82, 2.24) is 0 Å². The van der Waals surface area contributed by atoms with Gasteiger partial charge in [0.2, 0.25) is 0 Å². The van der Waals surface area contributed by atoms with Gasteiger partial charge in [0.1, 0.15) is 17.2 Å². The van der Waals surface area contributed by atoms with E-state index < -0.39 is 0 Å². The van der Waals surface area contributed by atoms with Crippen LogP contribution in [-0.2, 0) is 0 Å². The molecule has 1 atom stereocenters. The number of hydrogen-bond acceptors (Lipinski definition) is 5. The van der Waals surface area contributed by atoms with Gasteiger partial charge in [0.25, 0.3) is 0 Å². The highest BCUT2D eigenvalue weighted by molar-refractivity contribution is 5.52. The summed E-state index contributed by atoms with van der Waals surface area (Å²) in [5, 5.41) is 8.61. The van der Waals surface area contributed by atoms with Crippen LogP contribution in [0.5, 0.6) is 17.2 Å². The maximum atomic E-state index is 8.61. The monoisotopic (exact) mass is 250 g/mol. The number of methoxy groups -OCH3 is 3. The Morgan fingerprint density at radius 3 is 2.11 bits per heavy atom. The molecule has 0 radical (unpaired) electrons. The van der Waals surface area contributed by atoms with E-state index in [1.54, 1.807) is 33.5 Å². The van der Waals surface area contributed by atoms with Crippen LogP contribution in [0.3, 0.4) is 0 Å².